The number of rotatable bonds is 4. The highest BCUT2D eigenvalue weighted by molar-refractivity contribution is 7.74. The van der Waals surface area contributed by atoms with Crippen LogP contribution in [0.15, 0.2) is 23.2 Å². The highest BCUT2D eigenvalue weighted by atomic mass is 31.2. The minimum atomic E-state index is -3.03. The van der Waals surface area contributed by atoms with Crippen LogP contribution in [0.2, 0.25) is 0 Å². The largest absolute Gasteiger partial charge is 0.496 e. The van der Waals surface area contributed by atoms with Gasteiger partial charge in [-0.3, -0.25) is 0 Å². The normalized spacial score (nSPS) is 27.8. The third-order valence-corrected chi connectivity index (χ3v) is 10.2. The zero-order valence-electron chi connectivity index (χ0n) is 17.7. The average Bonchev–Trinajstić information content (AvgIpc) is 3.19. The monoisotopic (exact) mass is 393 g/mol. The Balaban J connectivity index is 2.14. The molecule has 2 unspecified atom stereocenters. The van der Waals surface area contributed by atoms with Gasteiger partial charge in [0.2, 0.25) is 0 Å². The second kappa shape index (κ2) is 6.55. The number of hydrogen-bond acceptors (Lipinski definition) is 5. The lowest BCUT2D eigenvalue weighted by Gasteiger charge is -2.39. The van der Waals surface area contributed by atoms with Crippen LogP contribution in [0.3, 0.4) is 0 Å². The third-order valence-electron chi connectivity index (χ3n) is 5.69. The van der Waals surface area contributed by atoms with Gasteiger partial charge in [0.05, 0.1) is 23.9 Å². The van der Waals surface area contributed by atoms with Gasteiger partial charge in [-0.15, -0.1) is 0 Å². The zero-order valence-corrected chi connectivity index (χ0v) is 18.6. The maximum atomic E-state index is 14.7. The predicted octanol–water partition coefficient (Wildman–Crippen LogP) is 4.68. The maximum Gasteiger partial charge on any atom is 0.193 e. The fourth-order valence-corrected chi connectivity index (χ4v) is 7.72. The Morgan fingerprint density at radius 2 is 1.89 bits per heavy atom. The van der Waals surface area contributed by atoms with E-state index in [-0.39, 0.29) is 6.04 Å². The fourth-order valence-electron chi connectivity index (χ4n) is 3.88. The molecule has 1 aromatic rings. The van der Waals surface area contributed by atoms with Crippen molar-refractivity contribution in [1.29, 1.82) is 0 Å². The first-order valence-electron chi connectivity index (χ1n) is 9.59. The van der Waals surface area contributed by atoms with E-state index in [4.69, 9.17) is 19.2 Å². The van der Waals surface area contributed by atoms with Gasteiger partial charge in [0, 0.05) is 5.16 Å². The number of benzene rings is 1. The molecule has 2 heterocycles. The van der Waals surface area contributed by atoms with Crippen LogP contribution in [0, 0.1) is 11.3 Å². The van der Waals surface area contributed by atoms with Crippen molar-refractivity contribution >= 4 is 18.3 Å². The molecule has 6 heteroatoms. The molecule has 2 aliphatic heterocycles. The van der Waals surface area contributed by atoms with Crippen molar-refractivity contribution in [2.45, 2.75) is 65.5 Å². The number of methoxy groups -OCH3 is 1. The molecule has 27 heavy (non-hydrogen) atoms. The van der Waals surface area contributed by atoms with Gasteiger partial charge in [0.15, 0.2) is 18.9 Å². The Hall–Kier alpha value is -1.48. The van der Waals surface area contributed by atoms with E-state index in [1.807, 2.05) is 52.8 Å². The number of hydrogen-bond donors (Lipinski definition) is 0. The third kappa shape index (κ3) is 2.99. The fraction of sp³-hybridized carbons (Fsp3) is 0.667. The quantitative estimate of drug-likeness (QED) is 0.697. The van der Waals surface area contributed by atoms with E-state index in [2.05, 4.69) is 13.8 Å². The number of nitrogens with zero attached hydrogens (tertiary/aromatic N) is 1. The van der Waals surface area contributed by atoms with Gasteiger partial charge in [-0.2, -0.15) is 0 Å². The highest BCUT2D eigenvalue weighted by Gasteiger charge is 2.61. The van der Waals surface area contributed by atoms with E-state index in [9.17, 15) is 4.57 Å². The van der Waals surface area contributed by atoms with Gasteiger partial charge in [-0.25, -0.2) is 4.99 Å². The van der Waals surface area contributed by atoms with Crippen LogP contribution in [0.1, 0.15) is 48.5 Å². The smallest absolute Gasteiger partial charge is 0.193 e. The molecule has 3 rings (SSSR count). The van der Waals surface area contributed by atoms with E-state index in [1.165, 1.54) is 0 Å². The summed E-state index contributed by atoms with van der Waals surface area (Å²) in [5.74, 6) is 1.75. The van der Waals surface area contributed by atoms with Gasteiger partial charge in [0.25, 0.3) is 0 Å². The van der Waals surface area contributed by atoms with E-state index >= 15 is 0 Å². The Labute approximate surface area is 162 Å². The van der Waals surface area contributed by atoms with E-state index in [0.717, 1.165) is 0 Å². The van der Waals surface area contributed by atoms with Crippen molar-refractivity contribution in [3.05, 3.63) is 18.2 Å². The standard InChI is InChI=1S/C21H32NO4P/c1-13(2)14-12-25-18(22-14)21(6,7)19-26-16-11-9-10-15(24-8)17(16)27(19,23)20(3,4)5/h9-11,13-14,19H,12H2,1-8H3/t14?,19-,27?/m0/s1. The predicted molar refractivity (Wildman–Crippen MR) is 110 cm³/mol. The summed E-state index contributed by atoms with van der Waals surface area (Å²) in [6, 6.07) is 5.74. The summed E-state index contributed by atoms with van der Waals surface area (Å²) in [6.45, 7) is 14.9. The topological polar surface area (TPSA) is 57.1 Å². The molecule has 5 nitrogen and oxygen atoms in total. The van der Waals surface area contributed by atoms with Crippen molar-refractivity contribution in [1.82, 2.24) is 0 Å². The summed E-state index contributed by atoms with van der Waals surface area (Å²) in [6.07, 6.45) is 0. The number of fused-ring (bicyclic) bond motifs is 1. The van der Waals surface area contributed by atoms with Crippen molar-refractivity contribution in [3.8, 4) is 11.5 Å². The summed E-state index contributed by atoms with van der Waals surface area (Å²) in [4.78, 5) is 4.82. The molecule has 0 fully saturated rings. The van der Waals surface area contributed by atoms with Crippen LogP contribution in [0.5, 0.6) is 11.5 Å². The average molecular weight is 393 g/mol. The van der Waals surface area contributed by atoms with Gasteiger partial charge in [-0.05, 0) is 31.9 Å². The van der Waals surface area contributed by atoms with Crippen molar-refractivity contribution in [3.63, 3.8) is 0 Å². The van der Waals surface area contributed by atoms with Crippen LogP contribution in [-0.2, 0) is 9.30 Å². The van der Waals surface area contributed by atoms with Crippen molar-refractivity contribution in [2.75, 3.05) is 13.7 Å². The molecule has 150 valence electrons. The first kappa shape index (κ1) is 20.3. The summed E-state index contributed by atoms with van der Waals surface area (Å²) >= 11 is 0. The summed E-state index contributed by atoms with van der Waals surface area (Å²) < 4.78 is 32.6. The number of aliphatic imine (C=N–C) groups is 1. The molecule has 0 bridgehead atoms. The lowest BCUT2D eigenvalue weighted by molar-refractivity contribution is 0.167. The minimum Gasteiger partial charge on any atom is -0.496 e. The summed E-state index contributed by atoms with van der Waals surface area (Å²) in [7, 11) is -1.42. The molecule has 0 aromatic heterocycles. The van der Waals surface area contributed by atoms with Crippen LogP contribution >= 0.6 is 7.14 Å². The molecule has 0 saturated heterocycles. The van der Waals surface area contributed by atoms with Gasteiger partial charge in [-0.1, -0.05) is 40.7 Å². The van der Waals surface area contributed by atoms with E-state index in [1.54, 1.807) is 7.11 Å². The molecule has 0 spiro atoms. The highest BCUT2D eigenvalue weighted by Crippen LogP contribution is 2.70. The Kier molecular flexibility index (Phi) is 4.91. The summed E-state index contributed by atoms with van der Waals surface area (Å²) in [5.41, 5.74) is -0.628. The summed E-state index contributed by atoms with van der Waals surface area (Å²) in [5, 5.41) is 0.211. The lowest BCUT2D eigenvalue weighted by Crippen LogP contribution is -2.43. The van der Waals surface area contributed by atoms with Crippen molar-refractivity contribution < 1.29 is 18.8 Å². The first-order chi connectivity index (χ1) is 12.4. The first-order valence-corrected chi connectivity index (χ1v) is 11.4. The Bertz CT molecular complexity index is 807. The molecular formula is C21H32NO4P. The lowest BCUT2D eigenvalue weighted by atomic mass is 9.94. The van der Waals surface area contributed by atoms with Gasteiger partial charge < -0.3 is 18.8 Å². The molecule has 0 saturated carbocycles. The van der Waals surface area contributed by atoms with Gasteiger partial charge >= 0.3 is 0 Å². The molecule has 2 aliphatic rings. The second-order valence-electron chi connectivity index (χ2n) is 9.38. The van der Waals surface area contributed by atoms with Crippen LogP contribution < -0.4 is 14.8 Å². The molecule has 0 aliphatic carbocycles. The van der Waals surface area contributed by atoms with Gasteiger partial charge in [0.1, 0.15) is 18.1 Å². The molecule has 3 atom stereocenters. The molecular weight excluding hydrogens is 361 g/mol. The molecule has 0 radical (unpaired) electrons. The molecule has 0 N–H and O–H groups in total. The second-order valence-corrected chi connectivity index (χ2v) is 13.0. The van der Waals surface area contributed by atoms with E-state index < -0.39 is 23.6 Å². The van der Waals surface area contributed by atoms with Crippen molar-refractivity contribution in [2.24, 2.45) is 16.3 Å². The maximum absolute atomic E-state index is 14.7. The molecule has 0 amide bonds. The Morgan fingerprint density at radius 3 is 2.41 bits per heavy atom. The molecule has 1 aromatic carbocycles. The van der Waals surface area contributed by atoms with Crippen LogP contribution in [0.4, 0.5) is 0 Å². The minimum absolute atomic E-state index is 0.131. The van der Waals surface area contributed by atoms with Crippen LogP contribution in [-0.4, -0.2) is 36.7 Å². The van der Waals surface area contributed by atoms with E-state index in [0.29, 0.717) is 35.2 Å². The van der Waals surface area contributed by atoms with Crippen LogP contribution in [0.25, 0.3) is 0 Å². The Morgan fingerprint density at radius 1 is 1.22 bits per heavy atom. The zero-order chi connectivity index (χ0) is 20.2. The SMILES string of the molecule is COc1cccc2c1P(=O)(C(C)(C)C)[C@@H](C(C)(C)C1=NC(C(C)C)CO1)O2. The number of ether oxygens (including phenoxy) is 3.